The average molecular weight is 500 g/mol. The quantitative estimate of drug-likeness (QED) is 0.347. The van der Waals surface area contributed by atoms with Gasteiger partial charge in [-0.2, -0.15) is 0 Å². The van der Waals surface area contributed by atoms with Crippen LogP contribution in [0.4, 0.5) is 0 Å². The van der Waals surface area contributed by atoms with Gasteiger partial charge < -0.3 is 25.1 Å². The lowest BCUT2D eigenvalue weighted by atomic mass is 9.87. The molecule has 0 spiro atoms. The van der Waals surface area contributed by atoms with E-state index in [1.54, 1.807) is 71.0 Å². The van der Waals surface area contributed by atoms with E-state index in [2.05, 4.69) is 0 Å². The lowest BCUT2D eigenvalue weighted by Crippen LogP contribution is -2.38. The molecule has 2 rings (SSSR count). The molecule has 194 valence electrons. The molecule has 3 atom stereocenters. The van der Waals surface area contributed by atoms with Gasteiger partial charge in [0.1, 0.15) is 12.1 Å². The number of benzene rings is 2. The van der Waals surface area contributed by atoms with Crippen LogP contribution < -0.4 is 15.2 Å². The largest absolute Gasteiger partial charge is 0.480 e. The molecular formula is C27H33NO8. The van der Waals surface area contributed by atoms with Crippen molar-refractivity contribution in [1.82, 2.24) is 0 Å². The van der Waals surface area contributed by atoms with E-state index in [0.717, 1.165) is 0 Å². The zero-order valence-corrected chi connectivity index (χ0v) is 21.1. The van der Waals surface area contributed by atoms with Gasteiger partial charge in [-0.05, 0) is 43.2 Å². The van der Waals surface area contributed by atoms with Gasteiger partial charge in [-0.25, -0.2) is 4.79 Å². The fourth-order valence-corrected chi connectivity index (χ4v) is 3.26. The van der Waals surface area contributed by atoms with Crippen LogP contribution in [0.15, 0.2) is 48.5 Å². The number of hydrogen-bond donors (Lipinski definition) is 2. The summed E-state index contributed by atoms with van der Waals surface area (Å²) in [5, 5.41) is 9.62. The van der Waals surface area contributed by atoms with E-state index in [0.29, 0.717) is 11.1 Å². The Kier molecular flexibility index (Phi) is 10.2. The molecule has 0 aliphatic carbocycles. The molecule has 0 fully saturated rings. The zero-order chi connectivity index (χ0) is 27.0. The third-order valence-corrected chi connectivity index (χ3v) is 5.38. The number of rotatable bonds is 11. The van der Waals surface area contributed by atoms with Crippen LogP contribution in [0.5, 0.6) is 11.5 Å². The van der Waals surface area contributed by atoms with Gasteiger partial charge in [0.05, 0.1) is 17.4 Å². The molecule has 0 radical (unpaired) electrons. The van der Waals surface area contributed by atoms with E-state index in [-0.39, 0.29) is 17.9 Å². The highest BCUT2D eigenvalue weighted by molar-refractivity contribution is 5.89. The van der Waals surface area contributed by atoms with Gasteiger partial charge in [-0.15, -0.1) is 0 Å². The minimum absolute atomic E-state index is 0.0256. The molecule has 9 nitrogen and oxygen atoms in total. The summed E-state index contributed by atoms with van der Waals surface area (Å²) in [6.07, 6.45) is -0.609. The van der Waals surface area contributed by atoms with Crippen molar-refractivity contribution in [3.8, 4) is 11.5 Å². The Morgan fingerprint density at radius 3 is 1.92 bits per heavy atom. The van der Waals surface area contributed by atoms with E-state index in [9.17, 15) is 24.3 Å². The Labute approximate surface area is 210 Å². The first kappa shape index (κ1) is 28.5. The molecule has 0 saturated heterocycles. The van der Waals surface area contributed by atoms with Crippen LogP contribution in [0, 0.1) is 11.8 Å². The van der Waals surface area contributed by atoms with E-state index in [1.807, 2.05) is 0 Å². The first-order valence-electron chi connectivity index (χ1n) is 11.7. The minimum atomic E-state index is -1.35. The van der Waals surface area contributed by atoms with Crippen molar-refractivity contribution in [2.75, 3.05) is 0 Å². The number of carbonyl (C=O) groups excluding carboxylic acids is 3. The molecule has 0 aliphatic rings. The maximum Gasteiger partial charge on any atom is 0.338 e. The van der Waals surface area contributed by atoms with Gasteiger partial charge in [0.15, 0.2) is 11.5 Å². The third kappa shape index (κ3) is 7.91. The van der Waals surface area contributed by atoms with Crippen molar-refractivity contribution in [2.24, 2.45) is 17.6 Å². The SMILES string of the molecule is CC(CC(c1ccc(OC(=O)C(C)C)c(OC(=O)C(C)C)c1)[C@@H](N)C(=O)O)OC(=O)c1ccccc1. The van der Waals surface area contributed by atoms with Crippen LogP contribution in [0.25, 0.3) is 0 Å². The highest BCUT2D eigenvalue weighted by Crippen LogP contribution is 2.35. The number of nitrogens with two attached hydrogens (primary N) is 1. The highest BCUT2D eigenvalue weighted by Gasteiger charge is 2.30. The smallest absolute Gasteiger partial charge is 0.338 e. The van der Waals surface area contributed by atoms with Crippen molar-refractivity contribution in [2.45, 2.75) is 59.1 Å². The minimum Gasteiger partial charge on any atom is -0.480 e. The fraction of sp³-hybridized carbons (Fsp3) is 0.407. The lowest BCUT2D eigenvalue weighted by Gasteiger charge is -2.25. The maximum absolute atomic E-state index is 12.4. The molecule has 0 bridgehead atoms. The molecule has 2 unspecified atom stereocenters. The van der Waals surface area contributed by atoms with Crippen LogP contribution in [0.1, 0.15) is 62.9 Å². The molecular weight excluding hydrogens is 466 g/mol. The number of hydrogen-bond acceptors (Lipinski definition) is 8. The van der Waals surface area contributed by atoms with E-state index >= 15 is 0 Å². The number of carboxylic acids is 1. The van der Waals surface area contributed by atoms with Gasteiger partial charge in [0.25, 0.3) is 0 Å². The summed E-state index contributed by atoms with van der Waals surface area (Å²) in [4.78, 5) is 48.7. The average Bonchev–Trinajstić information content (AvgIpc) is 2.83. The van der Waals surface area contributed by atoms with Crippen molar-refractivity contribution >= 4 is 23.9 Å². The van der Waals surface area contributed by atoms with Gasteiger partial charge in [0.2, 0.25) is 0 Å². The summed E-state index contributed by atoms with van der Waals surface area (Å²) < 4.78 is 16.3. The van der Waals surface area contributed by atoms with Crippen LogP contribution in [-0.2, 0) is 19.1 Å². The maximum atomic E-state index is 12.4. The van der Waals surface area contributed by atoms with Crippen molar-refractivity contribution in [3.05, 3.63) is 59.7 Å². The summed E-state index contributed by atoms with van der Waals surface area (Å²) in [6, 6.07) is 11.5. The molecule has 0 aliphatic heterocycles. The van der Waals surface area contributed by atoms with Crippen LogP contribution in [0.2, 0.25) is 0 Å². The molecule has 0 saturated carbocycles. The number of aliphatic carboxylic acids is 1. The molecule has 9 heteroatoms. The lowest BCUT2D eigenvalue weighted by molar-refractivity contribution is -0.140. The molecule has 3 N–H and O–H groups in total. The molecule has 0 heterocycles. The monoisotopic (exact) mass is 499 g/mol. The van der Waals surface area contributed by atoms with Gasteiger partial charge in [-0.1, -0.05) is 52.0 Å². The van der Waals surface area contributed by atoms with Crippen molar-refractivity contribution < 1.29 is 38.5 Å². The Morgan fingerprint density at radius 1 is 0.833 bits per heavy atom. The van der Waals surface area contributed by atoms with E-state index in [4.69, 9.17) is 19.9 Å². The van der Waals surface area contributed by atoms with Gasteiger partial charge in [0, 0.05) is 5.92 Å². The predicted octanol–water partition coefficient (Wildman–Crippen LogP) is 3.94. The zero-order valence-electron chi connectivity index (χ0n) is 21.1. The number of esters is 3. The van der Waals surface area contributed by atoms with Crippen molar-refractivity contribution in [1.29, 1.82) is 0 Å². The molecule has 2 aromatic rings. The van der Waals surface area contributed by atoms with Gasteiger partial charge >= 0.3 is 23.9 Å². The molecule has 0 amide bonds. The Balaban J connectivity index is 2.38. The van der Waals surface area contributed by atoms with E-state index in [1.165, 1.54) is 12.1 Å². The van der Waals surface area contributed by atoms with Crippen molar-refractivity contribution in [3.63, 3.8) is 0 Å². The Hall–Kier alpha value is -3.72. The molecule has 2 aromatic carbocycles. The fourth-order valence-electron chi connectivity index (χ4n) is 3.26. The second-order valence-corrected chi connectivity index (χ2v) is 9.15. The number of carbonyl (C=O) groups is 4. The summed E-state index contributed by atoms with van der Waals surface area (Å²) in [7, 11) is 0. The second-order valence-electron chi connectivity index (χ2n) is 9.15. The normalized spacial score (nSPS) is 13.6. The van der Waals surface area contributed by atoms with Crippen LogP contribution in [0.3, 0.4) is 0 Å². The van der Waals surface area contributed by atoms with E-state index < -0.39 is 53.8 Å². The highest BCUT2D eigenvalue weighted by atomic mass is 16.6. The molecule has 0 aromatic heterocycles. The summed E-state index contributed by atoms with van der Waals surface area (Å²) in [5.41, 5.74) is 6.79. The van der Waals surface area contributed by atoms with Crippen LogP contribution in [-0.4, -0.2) is 41.1 Å². The Morgan fingerprint density at radius 2 is 1.39 bits per heavy atom. The topological polar surface area (TPSA) is 142 Å². The summed E-state index contributed by atoms with van der Waals surface area (Å²) >= 11 is 0. The standard InChI is InChI=1S/C27H33NO8/c1-15(2)25(31)35-21-12-11-19(14-22(21)36-26(32)16(3)4)20(23(28)24(29)30)13-17(5)34-27(33)18-9-7-6-8-10-18/h6-12,14-17,20,23H,13,28H2,1-5H3,(H,29,30)/t17?,20?,23-/m1/s1. The second kappa shape index (κ2) is 12.8. The first-order valence-corrected chi connectivity index (χ1v) is 11.7. The third-order valence-electron chi connectivity index (χ3n) is 5.38. The van der Waals surface area contributed by atoms with Gasteiger partial charge in [-0.3, -0.25) is 14.4 Å². The summed E-state index contributed by atoms with van der Waals surface area (Å²) in [5.74, 6) is -4.58. The Bertz CT molecular complexity index is 1080. The summed E-state index contributed by atoms with van der Waals surface area (Å²) in [6.45, 7) is 8.27. The number of ether oxygens (including phenoxy) is 3. The first-order chi connectivity index (χ1) is 16.9. The predicted molar refractivity (Wildman–Crippen MR) is 132 cm³/mol. The van der Waals surface area contributed by atoms with Crippen LogP contribution >= 0.6 is 0 Å². The number of carboxylic acid groups (broad SMARTS) is 1. The molecule has 36 heavy (non-hydrogen) atoms.